The van der Waals surface area contributed by atoms with Gasteiger partial charge in [0.1, 0.15) is 6.54 Å². The third-order valence-corrected chi connectivity index (χ3v) is 3.95. The summed E-state index contributed by atoms with van der Waals surface area (Å²) in [6.07, 6.45) is -4.40. The average Bonchev–Trinajstić information content (AvgIpc) is 2.60. The SMILES string of the molecule is Cc1ccc(C)c(C(=O)CCC(=O)Nc2ccccc2NCC(F)(F)F)c1. The van der Waals surface area contributed by atoms with Gasteiger partial charge in [-0.05, 0) is 37.6 Å². The number of hydrogen-bond acceptors (Lipinski definition) is 3. The first kappa shape index (κ1) is 20.5. The molecule has 2 N–H and O–H groups in total. The summed E-state index contributed by atoms with van der Waals surface area (Å²) in [4.78, 5) is 24.5. The van der Waals surface area contributed by atoms with Crippen molar-refractivity contribution in [2.75, 3.05) is 17.2 Å². The molecule has 2 rings (SSSR count). The number of anilines is 2. The molecule has 2 aromatic carbocycles. The van der Waals surface area contributed by atoms with Crippen molar-refractivity contribution in [1.29, 1.82) is 0 Å². The number of rotatable bonds is 7. The maximum atomic E-state index is 12.4. The van der Waals surface area contributed by atoms with Crippen LogP contribution in [-0.2, 0) is 4.79 Å². The minimum absolute atomic E-state index is 0.0221. The smallest absolute Gasteiger partial charge is 0.375 e. The molecule has 7 heteroatoms. The lowest BCUT2D eigenvalue weighted by atomic mass is 9.99. The van der Waals surface area contributed by atoms with E-state index in [4.69, 9.17) is 0 Å². The van der Waals surface area contributed by atoms with Gasteiger partial charge in [-0.15, -0.1) is 0 Å². The van der Waals surface area contributed by atoms with E-state index in [-0.39, 0.29) is 30.0 Å². The number of aryl methyl sites for hydroxylation is 2. The number of benzene rings is 2. The molecule has 4 nitrogen and oxygen atoms in total. The van der Waals surface area contributed by atoms with E-state index in [1.54, 1.807) is 18.2 Å². The Morgan fingerprint density at radius 3 is 2.30 bits per heavy atom. The van der Waals surface area contributed by atoms with Crippen LogP contribution in [0, 0.1) is 13.8 Å². The fourth-order valence-corrected chi connectivity index (χ4v) is 2.55. The number of carbonyl (C=O) groups excluding carboxylic acids is 2. The van der Waals surface area contributed by atoms with Crippen LogP contribution in [0.2, 0.25) is 0 Å². The lowest BCUT2D eigenvalue weighted by Gasteiger charge is -2.14. The third-order valence-electron chi connectivity index (χ3n) is 3.95. The highest BCUT2D eigenvalue weighted by Crippen LogP contribution is 2.24. The first-order valence-electron chi connectivity index (χ1n) is 8.45. The second-order valence-corrected chi connectivity index (χ2v) is 6.30. The van der Waals surface area contributed by atoms with Gasteiger partial charge in [0.15, 0.2) is 5.78 Å². The van der Waals surface area contributed by atoms with E-state index in [1.165, 1.54) is 12.1 Å². The summed E-state index contributed by atoms with van der Waals surface area (Å²) in [6, 6.07) is 11.7. The van der Waals surface area contributed by atoms with Crippen molar-refractivity contribution in [3.05, 3.63) is 59.2 Å². The predicted molar refractivity (Wildman–Crippen MR) is 99.1 cm³/mol. The van der Waals surface area contributed by atoms with Crippen LogP contribution in [0.25, 0.3) is 0 Å². The summed E-state index contributed by atoms with van der Waals surface area (Å²) in [5.74, 6) is -0.579. The number of ketones is 1. The van der Waals surface area contributed by atoms with Crippen LogP contribution in [-0.4, -0.2) is 24.4 Å². The topological polar surface area (TPSA) is 58.2 Å². The minimum atomic E-state index is -4.37. The van der Waals surface area contributed by atoms with E-state index >= 15 is 0 Å². The molecular formula is C20H21F3N2O2. The summed E-state index contributed by atoms with van der Waals surface area (Å²) in [5, 5.41) is 4.81. The molecule has 0 spiro atoms. The average molecular weight is 378 g/mol. The lowest BCUT2D eigenvalue weighted by Crippen LogP contribution is -2.22. The Hall–Kier alpha value is -2.83. The van der Waals surface area contributed by atoms with Gasteiger partial charge in [-0.25, -0.2) is 0 Å². The number of amides is 1. The van der Waals surface area contributed by atoms with Crippen molar-refractivity contribution in [3.63, 3.8) is 0 Å². The molecule has 0 unspecified atom stereocenters. The van der Waals surface area contributed by atoms with Crippen molar-refractivity contribution in [3.8, 4) is 0 Å². The lowest BCUT2D eigenvalue weighted by molar-refractivity contribution is -0.116. The van der Waals surface area contributed by atoms with Crippen LogP contribution in [0.15, 0.2) is 42.5 Å². The number of para-hydroxylation sites is 2. The third kappa shape index (κ3) is 6.44. The van der Waals surface area contributed by atoms with Crippen molar-refractivity contribution >= 4 is 23.1 Å². The summed E-state index contributed by atoms with van der Waals surface area (Å²) in [5.41, 5.74) is 2.79. The van der Waals surface area contributed by atoms with Crippen molar-refractivity contribution in [2.24, 2.45) is 0 Å². The highest BCUT2D eigenvalue weighted by molar-refractivity contribution is 6.01. The number of Topliss-reactive ketones (excluding diaryl/α,β-unsaturated/α-hetero) is 1. The number of carbonyl (C=O) groups is 2. The summed E-state index contributed by atoms with van der Waals surface area (Å²) < 4.78 is 37.1. The standard InChI is InChI=1S/C20H21F3N2O2/c1-13-7-8-14(2)15(11-13)18(26)9-10-19(27)25-17-6-4-3-5-16(17)24-12-20(21,22)23/h3-8,11,24H,9-10,12H2,1-2H3,(H,25,27). The van der Waals surface area contributed by atoms with Gasteiger partial charge in [-0.1, -0.05) is 29.8 Å². The maximum Gasteiger partial charge on any atom is 0.405 e. The molecule has 0 aliphatic rings. The van der Waals surface area contributed by atoms with Gasteiger partial charge in [-0.3, -0.25) is 9.59 Å². The Morgan fingerprint density at radius 2 is 1.63 bits per heavy atom. The molecular weight excluding hydrogens is 357 g/mol. The van der Waals surface area contributed by atoms with Gasteiger partial charge in [0.2, 0.25) is 5.91 Å². The minimum Gasteiger partial charge on any atom is -0.375 e. The molecule has 1 amide bonds. The van der Waals surface area contributed by atoms with Crippen LogP contribution in [0.5, 0.6) is 0 Å². The molecule has 27 heavy (non-hydrogen) atoms. The van der Waals surface area contributed by atoms with Crippen LogP contribution >= 0.6 is 0 Å². The molecule has 144 valence electrons. The first-order valence-corrected chi connectivity index (χ1v) is 8.45. The van der Waals surface area contributed by atoms with E-state index in [2.05, 4.69) is 10.6 Å². The Bertz CT molecular complexity index is 832. The molecule has 2 aromatic rings. The van der Waals surface area contributed by atoms with Crippen LogP contribution in [0.3, 0.4) is 0 Å². The van der Waals surface area contributed by atoms with Crippen molar-refractivity contribution < 1.29 is 22.8 Å². The quantitative estimate of drug-likeness (QED) is 0.675. The second kappa shape index (κ2) is 8.70. The normalized spacial score (nSPS) is 11.1. The van der Waals surface area contributed by atoms with Gasteiger partial charge in [-0.2, -0.15) is 13.2 Å². The second-order valence-electron chi connectivity index (χ2n) is 6.30. The molecule has 0 fully saturated rings. The first-order chi connectivity index (χ1) is 12.7. The summed E-state index contributed by atoms with van der Waals surface area (Å²) in [6.45, 7) is 2.51. The summed E-state index contributed by atoms with van der Waals surface area (Å²) >= 11 is 0. The zero-order valence-electron chi connectivity index (χ0n) is 15.1. The number of nitrogens with one attached hydrogen (secondary N) is 2. The van der Waals surface area contributed by atoms with Crippen LogP contribution in [0.4, 0.5) is 24.5 Å². The number of alkyl halides is 3. The van der Waals surface area contributed by atoms with Gasteiger partial charge in [0.05, 0.1) is 11.4 Å². The van der Waals surface area contributed by atoms with E-state index in [1.807, 2.05) is 26.0 Å². The van der Waals surface area contributed by atoms with Crippen molar-refractivity contribution in [2.45, 2.75) is 32.9 Å². The zero-order chi connectivity index (χ0) is 20.0. The van der Waals surface area contributed by atoms with Crippen molar-refractivity contribution in [1.82, 2.24) is 0 Å². The Labute approximate surface area is 155 Å². The molecule has 0 atom stereocenters. The van der Waals surface area contributed by atoms with E-state index < -0.39 is 18.6 Å². The number of hydrogen-bond donors (Lipinski definition) is 2. The van der Waals surface area contributed by atoms with Gasteiger partial charge in [0.25, 0.3) is 0 Å². The fraction of sp³-hybridized carbons (Fsp3) is 0.300. The van der Waals surface area contributed by atoms with Crippen LogP contribution in [0.1, 0.15) is 34.3 Å². The monoisotopic (exact) mass is 378 g/mol. The maximum absolute atomic E-state index is 12.4. The molecule has 0 aromatic heterocycles. The Morgan fingerprint density at radius 1 is 0.963 bits per heavy atom. The predicted octanol–water partition coefficient (Wildman–Crippen LogP) is 4.88. The summed E-state index contributed by atoms with van der Waals surface area (Å²) in [7, 11) is 0. The van der Waals surface area contributed by atoms with Gasteiger partial charge in [0, 0.05) is 18.4 Å². The van der Waals surface area contributed by atoms with E-state index in [0.717, 1.165) is 11.1 Å². The molecule has 0 saturated carbocycles. The fourth-order valence-electron chi connectivity index (χ4n) is 2.55. The highest BCUT2D eigenvalue weighted by atomic mass is 19.4. The van der Waals surface area contributed by atoms with E-state index in [0.29, 0.717) is 5.56 Å². The number of halogens is 3. The molecule has 0 aliphatic carbocycles. The van der Waals surface area contributed by atoms with Gasteiger partial charge < -0.3 is 10.6 Å². The molecule has 0 aliphatic heterocycles. The van der Waals surface area contributed by atoms with E-state index in [9.17, 15) is 22.8 Å². The zero-order valence-corrected chi connectivity index (χ0v) is 15.1. The van der Waals surface area contributed by atoms with Crippen LogP contribution < -0.4 is 10.6 Å². The molecule has 0 heterocycles. The Kier molecular flexibility index (Phi) is 6.60. The largest absolute Gasteiger partial charge is 0.405 e. The Balaban J connectivity index is 1.96. The molecule has 0 saturated heterocycles. The highest BCUT2D eigenvalue weighted by Gasteiger charge is 2.27. The van der Waals surface area contributed by atoms with Gasteiger partial charge >= 0.3 is 6.18 Å². The molecule has 0 radical (unpaired) electrons. The molecule has 0 bridgehead atoms.